The molecule has 0 spiro atoms. The van der Waals surface area contributed by atoms with Crippen molar-refractivity contribution in [2.75, 3.05) is 6.61 Å². The Labute approximate surface area is 125 Å². The van der Waals surface area contributed by atoms with Crippen molar-refractivity contribution in [3.63, 3.8) is 0 Å². The highest BCUT2D eigenvalue weighted by Gasteiger charge is 2.46. The lowest BCUT2D eigenvalue weighted by molar-refractivity contribution is -0.161. The highest BCUT2D eigenvalue weighted by Crippen LogP contribution is 2.29. The zero-order chi connectivity index (χ0) is 15.5. The molecule has 1 heterocycles. The highest BCUT2D eigenvalue weighted by atomic mass is 16.6. The summed E-state index contributed by atoms with van der Waals surface area (Å²) < 4.78 is 11.1. The molecule has 0 N–H and O–H groups in total. The molecule has 2 rings (SSSR count). The van der Waals surface area contributed by atoms with Crippen LogP contribution in [0.4, 0.5) is 0 Å². The lowest BCUT2D eigenvalue weighted by Gasteiger charge is -2.27. The average Bonchev–Trinajstić information content (AvgIpc) is 2.84. The van der Waals surface area contributed by atoms with Gasteiger partial charge in [0.1, 0.15) is 12.2 Å². The van der Waals surface area contributed by atoms with Crippen molar-refractivity contribution in [2.24, 2.45) is 4.99 Å². The third-order valence-corrected chi connectivity index (χ3v) is 3.04. The molecule has 0 amide bonds. The van der Waals surface area contributed by atoms with Crippen LogP contribution in [0.2, 0.25) is 0 Å². The van der Waals surface area contributed by atoms with Crippen molar-refractivity contribution >= 4 is 11.9 Å². The van der Waals surface area contributed by atoms with Crippen molar-refractivity contribution in [3.05, 3.63) is 48.6 Å². The molecule has 0 fully saturated rings. The number of hydrogen-bond donors (Lipinski definition) is 0. The molecular formula is C17H21NO3. The van der Waals surface area contributed by atoms with Gasteiger partial charge in [-0.2, -0.15) is 0 Å². The Morgan fingerprint density at radius 1 is 1.43 bits per heavy atom. The van der Waals surface area contributed by atoms with E-state index in [1.54, 1.807) is 6.08 Å². The highest BCUT2D eigenvalue weighted by molar-refractivity contribution is 5.99. The van der Waals surface area contributed by atoms with Crippen molar-refractivity contribution in [3.8, 4) is 0 Å². The van der Waals surface area contributed by atoms with Gasteiger partial charge in [0, 0.05) is 12.0 Å². The molecule has 0 radical (unpaired) electrons. The third kappa shape index (κ3) is 3.51. The van der Waals surface area contributed by atoms with Gasteiger partial charge in [-0.3, -0.25) is 0 Å². The summed E-state index contributed by atoms with van der Waals surface area (Å²) in [6.07, 6.45) is 2.06. The van der Waals surface area contributed by atoms with Gasteiger partial charge >= 0.3 is 5.97 Å². The SMILES string of the molecule is C=CCC1(C(=O)OC(C)(C)C)COC(c2ccccc2)=N1. The number of ether oxygens (including phenoxy) is 2. The van der Waals surface area contributed by atoms with E-state index in [0.717, 1.165) is 5.56 Å². The molecule has 1 aliphatic heterocycles. The first-order chi connectivity index (χ1) is 9.86. The predicted octanol–water partition coefficient (Wildman–Crippen LogP) is 3.12. The molecule has 1 aromatic rings. The van der Waals surface area contributed by atoms with Gasteiger partial charge in [-0.15, -0.1) is 6.58 Å². The van der Waals surface area contributed by atoms with Crippen LogP contribution in [0.25, 0.3) is 0 Å². The van der Waals surface area contributed by atoms with Gasteiger partial charge in [-0.1, -0.05) is 24.3 Å². The van der Waals surface area contributed by atoms with E-state index in [-0.39, 0.29) is 12.6 Å². The Kier molecular flexibility index (Phi) is 4.16. The minimum atomic E-state index is -1.03. The molecule has 1 unspecified atom stereocenters. The summed E-state index contributed by atoms with van der Waals surface area (Å²) in [5, 5.41) is 0. The van der Waals surface area contributed by atoms with E-state index in [1.165, 1.54) is 0 Å². The standard InChI is InChI=1S/C17H21NO3/c1-5-11-17(15(19)21-16(2,3)4)12-20-14(18-17)13-9-7-6-8-10-13/h5-10H,1,11-12H2,2-4H3. The molecule has 1 atom stereocenters. The van der Waals surface area contributed by atoms with Crippen molar-refractivity contribution < 1.29 is 14.3 Å². The van der Waals surface area contributed by atoms with Crippen LogP contribution in [0.1, 0.15) is 32.8 Å². The van der Waals surface area contributed by atoms with Crippen LogP contribution in [0.5, 0.6) is 0 Å². The number of aliphatic imine (C=N–C) groups is 1. The number of hydrogen-bond acceptors (Lipinski definition) is 4. The summed E-state index contributed by atoms with van der Waals surface area (Å²) in [5.74, 6) is 0.101. The van der Waals surface area contributed by atoms with Crippen molar-refractivity contribution in [2.45, 2.75) is 38.3 Å². The van der Waals surface area contributed by atoms with Crippen LogP contribution in [0.3, 0.4) is 0 Å². The molecule has 1 aliphatic rings. The quantitative estimate of drug-likeness (QED) is 0.631. The number of nitrogens with zero attached hydrogens (tertiary/aromatic N) is 1. The molecule has 1 aromatic carbocycles. The van der Waals surface area contributed by atoms with Gasteiger partial charge in [0.15, 0.2) is 5.54 Å². The molecule has 0 saturated carbocycles. The zero-order valence-corrected chi connectivity index (χ0v) is 12.8. The van der Waals surface area contributed by atoms with E-state index in [1.807, 2.05) is 51.1 Å². The predicted molar refractivity (Wildman–Crippen MR) is 82.3 cm³/mol. The lowest BCUT2D eigenvalue weighted by Crippen LogP contribution is -2.43. The van der Waals surface area contributed by atoms with Crippen LogP contribution in [0, 0.1) is 0 Å². The Balaban J connectivity index is 2.30. The van der Waals surface area contributed by atoms with E-state index in [4.69, 9.17) is 9.47 Å². The number of carbonyl (C=O) groups excluding carboxylic acids is 1. The summed E-state index contributed by atoms with van der Waals surface area (Å²) in [6, 6.07) is 9.53. The Bertz CT molecular complexity index is 557. The molecular weight excluding hydrogens is 266 g/mol. The van der Waals surface area contributed by atoms with E-state index in [0.29, 0.717) is 12.3 Å². The van der Waals surface area contributed by atoms with Gasteiger partial charge in [0.05, 0.1) is 0 Å². The normalized spacial score (nSPS) is 21.4. The first-order valence-corrected chi connectivity index (χ1v) is 6.99. The second kappa shape index (κ2) is 5.72. The minimum Gasteiger partial charge on any atom is -0.474 e. The fraction of sp³-hybridized carbons (Fsp3) is 0.412. The largest absolute Gasteiger partial charge is 0.474 e. The second-order valence-electron chi connectivity index (χ2n) is 6.10. The molecule has 4 heteroatoms. The fourth-order valence-corrected chi connectivity index (χ4v) is 2.08. The Hall–Kier alpha value is -2.10. The van der Waals surface area contributed by atoms with Crippen LogP contribution in [-0.2, 0) is 14.3 Å². The van der Waals surface area contributed by atoms with Crippen molar-refractivity contribution in [1.29, 1.82) is 0 Å². The topological polar surface area (TPSA) is 47.9 Å². The maximum Gasteiger partial charge on any atom is 0.338 e. The smallest absolute Gasteiger partial charge is 0.338 e. The zero-order valence-electron chi connectivity index (χ0n) is 12.8. The summed E-state index contributed by atoms with van der Waals surface area (Å²) in [7, 11) is 0. The number of carbonyl (C=O) groups is 1. The summed E-state index contributed by atoms with van der Waals surface area (Å²) in [4.78, 5) is 17.0. The maximum absolute atomic E-state index is 12.5. The van der Waals surface area contributed by atoms with E-state index in [9.17, 15) is 4.79 Å². The second-order valence-corrected chi connectivity index (χ2v) is 6.10. The lowest BCUT2D eigenvalue weighted by atomic mass is 9.97. The minimum absolute atomic E-state index is 0.179. The number of esters is 1. The third-order valence-electron chi connectivity index (χ3n) is 3.04. The monoisotopic (exact) mass is 287 g/mol. The van der Waals surface area contributed by atoms with E-state index >= 15 is 0 Å². The van der Waals surface area contributed by atoms with Crippen molar-refractivity contribution in [1.82, 2.24) is 0 Å². The average molecular weight is 287 g/mol. The molecule has 4 nitrogen and oxygen atoms in total. The fourth-order valence-electron chi connectivity index (χ4n) is 2.08. The first-order valence-electron chi connectivity index (χ1n) is 6.99. The van der Waals surface area contributed by atoms with Gasteiger partial charge in [0.25, 0.3) is 0 Å². The van der Waals surface area contributed by atoms with E-state index in [2.05, 4.69) is 11.6 Å². The Morgan fingerprint density at radius 3 is 2.67 bits per heavy atom. The number of rotatable bonds is 4. The summed E-state index contributed by atoms with van der Waals surface area (Å²) >= 11 is 0. The molecule has 21 heavy (non-hydrogen) atoms. The van der Waals surface area contributed by atoms with Gasteiger partial charge in [-0.25, -0.2) is 9.79 Å². The Morgan fingerprint density at radius 2 is 2.10 bits per heavy atom. The van der Waals surface area contributed by atoms with Gasteiger partial charge in [0.2, 0.25) is 5.90 Å². The first kappa shape index (κ1) is 15.3. The summed E-state index contributed by atoms with van der Waals surface area (Å²) in [6.45, 7) is 9.40. The van der Waals surface area contributed by atoms with Crippen LogP contribution in [-0.4, -0.2) is 29.6 Å². The van der Waals surface area contributed by atoms with Crippen LogP contribution in [0.15, 0.2) is 48.0 Å². The van der Waals surface area contributed by atoms with Crippen LogP contribution < -0.4 is 0 Å². The maximum atomic E-state index is 12.5. The molecule has 0 aromatic heterocycles. The number of benzene rings is 1. The molecule has 0 aliphatic carbocycles. The molecule has 0 saturated heterocycles. The van der Waals surface area contributed by atoms with E-state index < -0.39 is 11.1 Å². The summed E-state index contributed by atoms with van der Waals surface area (Å²) in [5.41, 5.74) is -0.733. The van der Waals surface area contributed by atoms with Crippen LogP contribution >= 0.6 is 0 Å². The molecule has 0 bridgehead atoms. The van der Waals surface area contributed by atoms with Gasteiger partial charge in [-0.05, 0) is 32.9 Å². The molecule has 112 valence electrons. The van der Waals surface area contributed by atoms with Gasteiger partial charge < -0.3 is 9.47 Å².